The molecule has 5 rings (SSSR count). The van der Waals surface area contributed by atoms with Gasteiger partial charge in [0.1, 0.15) is 0 Å². The predicted octanol–water partition coefficient (Wildman–Crippen LogP) is 5.80. The zero-order valence-corrected chi connectivity index (χ0v) is 19.0. The molecule has 0 N–H and O–H groups in total. The minimum atomic E-state index is -0.696. The van der Waals surface area contributed by atoms with Crippen LogP contribution in [-0.2, 0) is 4.79 Å². The molecule has 1 atom stereocenters. The van der Waals surface area contributed by atoms with Crippen molar-refractivity contribution in [3.63, 3.8) is 0 Å². The molecule has 164 valence electrons. The Balaban J connectivity index is 1.71. The van der Waals surface area contributed by atoms with Gasteiger partial charge in [-0.25, -0.2) is 0 Å². The lowest BCUT2D eigenvalue weighted by Gasteiger charge is -2.30. The number of hydrogen-bond donors (Lipinski definition) is 0. The molecule has 1 aliphatic rings. The lowest BCUT2D eigenvalue weighted by molar-refractivity contribution is -0.120. The summed E-state index contributed by atoms with van der Waals surface area (Å²) in [7, 11) is 0. The standard InChI is InChI=1S/C26H22N4O2S/c1-3-15-33-26-27-24-23(28-29-26)20-11-7-8-12-21(20)30(22(31)4-2)25(32-24)19-14-13-17-9-5-6-10-18(17)16-19/h3,5-14,16,25H,1,4,15H2,2H3/t25-/m1/s1. The van der Waals surface area contributed by atoms with E-state index in [2.05, 4.69) is 40.0 Å². The second-order valence-electron chi connectivity index (χ2n) is 7.56. The fourth-order valence-corrected chi connectivity index (χ4v) is 4.44. The van der Waals surface area contributed by atoms with Crippen molar-refractivity contribution in [2.45, 2.75) is 24.7 Å². The van der Waals surface area contributed by atoms with Gasteiger partial charge in [-0.1, -0.05) is 79.4 Å². The number of aromatic nitrogens is 3. The van der Waals surface area contributed by atoms with E-state index in [1.54, 1.807) is 11.0 Å². The molecule has 1 amide bonds. The molecule has 1 aromatic heterocycles. The number of para-hydroxylation sites is 1. The summed E-state index contributed by atoms with van der Waals surface area (Å²) >= 11 is 1.43. The number of anilines is 1. The number of nitrogens with zero attached hydrogens (tertiary/aromatic N) is 4. The second-order valence-corrected chi connectivity index (χ2v) is 8.55. The van der Waals surface area contributed by atoms with Crippen LogP contribution in [0.1, 0.15) is 25.1 Å². The van der Waals surface area contributed by atoms with Crippen LogP contribution in [0.4, 0.5) is 5.69 Å². The third-order valence-electron chi connectivity index (χ3n) is 5.47. The largest absolute Gasteiger partial charge is 0.447 e. The Bertz CT molecular complexity index is 1360. The van der Waals surface area contributed by atoms with Crippen LogP contribution >= 0.6 is 11.8 Å². The quantitative estimate of drug-likeness (QED) is 0.280. The molecule has 7 heteroatoms. The molecule has 0 aliphatic carbocycles. The van der Waals surface area contributed by atoms with Gasteiger partial charge in [-0.05, 0) is 22.9 Å². The Morgan fingerprint density at radius 3 is 2.70 bits per heavy atom. The summed E-state index contributed by atoms with van der Waals surface area (Å²) in [6.45, 7) is 5.60. The van der Waals surface area contributed by atoms with Gasteiger partial charge < -0.3 is 4.74 Å². The van der Waals surface area contributed by atoms with E-state index in [0.29, 0.717) is 28.9 Å². The highest BCUT2D eigenvalue weighted by molar-refractivity contribution is 7.99. The Labute approximate surface area is 196 Å². The van der Waals surface area contributed by atoms with E-state index in [0.717, 1.165) is 27.6 Å². The SMILES string of the molecule is C=CCSc1nnc2c(n1)O[C@H](c1ccc3ccccc3c1)N(C(=O)CC)c1ccccc1-2. The number of carbonyl (C=O) groups excluding carboxylic acids is 1. The molecule has 0 spiro atoms. The monoisotopic (exact) mass is 454 g/mol. The minimum Gasteiger partial charge on any atom is -0.447 e. The van der Waals surface area contributed by atoms with Crippen LogP contribution in [0.15, 0.2) is 84.5 Å². The minimum absolute atomic E-state index is 0.0531. The fourth-order valence-electron chi connectivity index (χ4n) is 3.93. The lowest BCUT2D eigenvalue weighted by atomic mass is 10.0. The summed E-state index contributed by atoms with van der Waals surface area (Å²) in [5.41, 5.74) is 2.87. The number of thioether (sulfide) groups is 1. The van der Waals surface area contributed by atoms with E-state index >= 15 is 0 Å². The van der Waals surface area contributed by atoms with Crippen molar-refractivity contribution in [3.8, 4) is 17.1 Å². The normalized spacial score (nSPS) is 14.7. The molecule has 3 aromatic carbocycles. The Hall–Kier alpha value is -3.71. The van der Waals surface area contributed by atoms with Gasteiger partial charge in [-0.3, -0.25) is 9.69 Å². The van der Waals surface area contributed by atoms with Crippen LogP contribution in [0.25, 0.3) is 22.0 Å². The number of fused-ring (bicyclic) bond motifs is 4. The average Bonchev–Trinajstić information content (AvgIpc) is 3.01. The molecular weight excluding hydrogens is 432 g/mol. The average molecular weight is 455 g/mol. The molecule has 0 fully saturated rings. The van der Waals surface area contributed by atoms with Gasteiger partial charge in [0, 0.05) is 23.3 Å². The Kier molecular flexibility index (Phi) is 5.79. The Morgan fingerprint density at radius 2 is 1.88 bits per heavy atom. The summed E-state index contributed by atoms with van der Waals surface area (Å²) in [6.07, 6.45) is 1.42. The molecule has 0 saturated heterocycles. The Morgan fingerprint density at radius 1 is 1.09 bits per heavy atom. The van der Waals surface area contributed by atoms with Crippen LogP contribution in [-0.4, -0.2) is 26.8 Å². The van der Waals surface area contributed by atoms with Gasteiger partial charge in [0.25, 0.3) is 0 Å². The number of carbonyl (C=O) groups is 1. The molecule has 33 heavy (non-hydrogen) atoms. The van der Waals surface area contributed by atoms with Crippen molar-refractivity contribution in [1.29, 1.82) is 0 Å². The molecule has 4 aromatic rings. The van der Waals surface area contributed by atoms with Gasteiger partial charge in [0.15, 0.2) is 5.69 Å². The third kappa shape index (κ3) is 3.96. The van der Waals surface area contributed by atoms with Crippen molar-refractivity contribution in [3.05, 3.63) is 84.9 Å². The van der Waals surface area contributed by atoms with E-state index in [4.69, 9.17) is 4.74 Å². The van der Waals surface area contributed by atoms with E-state index < -0.39 is 6.23 Å². The number of benzene rings is 3. The van der Waals surface area contributed by atoms with Crippen LogP contribution in [0.5, 0.6) is 5.88 Å². The molecule has 0 saturated carbocycles. The van der Waals surface area contributed by atoms with Crippen molar-refractivity contribution in [2.75, 3.05) is 10.7 Å². The molecule has 6 nitrogen and oxygen atoms in total. The first-order valence-corrected chi connectivity index (χ1v) is 11.7. The number of hydrogen-bond acceptors (Lipinski definition) is 6. The van der Waals surface area contributed by atoms with Gasteiger partial charge in [0.2, 0.25) is 23.2 Å². The second kappa shape index (κ2) is 9.03. The first-order chi connectivity index (χ1) is 16.2. The summed E-state index contributed by atoms with van der Waals surface area (Å²) in [5.74, 6) is 0.960. The highest BCUT2D eigenvalue weighted by Crippen LogP contribution is 2.43. The zero-order valence-electron chi connectivity index (χ0n) is 18.1. The molecule has 0 radical (unpaired) electrons. The molecular formula is C26H22N4O2S. The van der Waals surface area contributed by atoms with Crippen molar-refractivity contribution < 1.29 is 9.53 Å². The zero-order chi connectivity index (χ0) is 22.8. The number of amides is 1. The summed E-state index contributed by atoms with van der Waals surface area (Å²) < 4.78 is 6.48. The smallest absolute Gasteiger partial charge is 0.247 e. The topological polar surface area (TPSA) is 68.2 Å². The predicted molar refractivity (Wildman–Crippen MR) is 131 cm³/mol. The van der Waals surface area contributed by atoms with Crippen molar-refractivity contribution >= 4 is 34.1 Å². The van der Waals surface area contributed by atoms with Crippen LogP contribution < -0.4 is 9.64 Å². The van der Waals surface area contributed by atoms with Gasteiger partial charge in [-0.15, -0.1) is 16.8 Å². The van der Waals surface area contributed by atoms with E-state index in [1.807, 2.05) is 55.5 Å². The highest BCUT2D eigenvalue weighted by atomic mass is 32.2. The third-order valence-corrected chi connectivity index (χ3v) is 6.31. The maximum absolute atomic E-state index is 13.3. The van der Waals surface area contributed by atoms with Gasteiger partial charge in [-0.2, -0.15) is 4.98 Å². The summed E-state index contributed by atoms with van der Waals surface area (Å²) in [5, 5.41) is 11.4. The molecule has 0 bridgehead atoms. The van der Waals surface area contributed by atoms with Gasteiger partial charge in [0.05, 0.1) is 5.69 Å². The van der Waals surface area contributed by atoms with E-state index in [-0.39, 0.29) is 5.91 Å². The van der Waals surface area contributed by atoms with Gasteiger partial charge >= 0.3 is 0 Å². The van der Waals surface area contributed by atoms with E-state index in [9.17, 15) is 4.79 Å². The molecule has 2 heterocycles. The number of ether oxygens (including phenoxy) is 1. The van der Waals surface area contributed by atoms with Crippen LogP contribution in [0, 0.1) is 0 Å². The summed E-state index contributed by atoms with van der Waals surface area (Å²) in [4.78, 5) is 19.6. The molecule has 1 aliphatic heterocycles. The number of rotatable bonds is 5. The van der Waals surface area contributed by atoms with Crippen LogP contribution in [0.2, 0.25) is 0 Å². The van der Waals surface area contributed by atoms with E-state index in [1.165, 1.54) is 11.8 Å². The van der Waals surface area contributed by atoms with Crippen LogP contribution in [0.3, 0.4) is 0 Å². The maximum Gasteiger partial charge on any atom is 0.247 e. The first kappa shape index (κ1) is 21.2. The summed E-state index contributed by atoms with van der Waals surface area (Å²) in [6, 6.07) is 21.9. The maximum atomic E-state index is 13.3. The first-order valence-electron chi connectivity index (χ1n) is 10.7. The molecule has 0 unspecified atom stereocenters. The van der Waals surface area contributed by atoms with Crippen molar-refractivity contribution in [1.82, 2.24) is 15.2 Å². The lowest BCUT2D eigenvalue weighted by Crippen LogP contribution is -2.37. The highest BCUT2D eigenvalue weighted by Gasteiger charge is 2.35. The van der Waals surface area contributed by atoms with Crippen molar-refractivity contribution in [2.24, 2.45) is 0 Å². The fraction of sp³-hybridized carbons (Fsp3) is 0.154.